The van der Waals surface area contributed by atoms with Gasteiger partial charge in [-0.05, 0) is 39.5 Å². The molecule has 1 N–H and O–H groups in total. The third-order valence-corrected chi connectivity index (χ3v) is 3.85. The summed E-state index contributed by atoms with van der Waals surface area (Å²) in [6, 6.07) is 0.311. The second-order valence-corrected chi connectivity index (χ2v) is 5.31. The lowest BCUT2D eigenvalue weighted by molar-refractivity contribution is -0.143. The Labute approximate surface area is 117 Å². The predicted octanol–water partition coefficient (Wildman–Crippen LogP) is 0.554. The molecule has 0 radical (unpaired) electrons. The molecule has 0 aliphatic carbocycles. The molecule has 0 saturated carbocycles. The van der Waals surface area contributed by atoms with Crippen LogP contribution in [0.5, 0.6) is 0 Å². The molecule has 112 valence electrons. The van der Waals surface area contributed by atoms with Crippen molar-refractivity contribution >= 4 is 5.97 Å². The van der Waals surface area contributed by atoms with Gasteiger partial charge >= 0.3 is 5.97 Å². The SMILES string of the molecule is CCNC(CN1CCCN(C)CC1CC)C(=O)OC. The Balaban J connectivity index is 2.66. The first-order valence-corrected chi connectivity index (χ1v) is 7.36. The molecule has 1 rings (SSSR count). The number of methoxy groups -OCH3 is 1. The summed E-state index contributed by atoms with van der Waals surface area (Å²) in [6.45, 7) is 9.03. The van der Waals surface area contributed by atoms with Crippen LogP contribution in [0.25, 0.3) is 0 Å². The fourth-order valence-electron chi connectivity index (χ4n) is 2.77. The summed E-state index contributed by atoms with van der Waals surface area (Å²) in [7, 11) is 3.63. The van der Waals surface area contributed by atoms with E-state index in [1.165, 1.54) is 7.11 Å². The van der Waals surface area contributed by atoms with Crippen molar-refractivity contribution < 1.29 is 9.53 Å². The van der Waals surface area contributed by atoms with Crippen molar-refractivity contribution in [2.75, 3.05) is 46.9 Å². The molecule has 1 aliphatic heterocycles. The summed E-state index contributed by atoms with van der Waals surface area (Å²) >= 11 is 0. The zero-order valence-corrected chi connectivity index (χ0v) is 12.8. The summed E-state index contributed by atoms with van der Waals surface area (Å²) in [4.78, 5) is 16.6. The molecule has 2 atom stereocenters. The molecule has 0 spiro atoms. The monoisotopic (exact) mass is 271 g/mol. The van der Waals surface area contributed by atoms with Crippen LogP contribution in [0.15, 0.2) is 0 Å². The van der Waals surface area contributed by atoms with Crippen LogP contribution in [0, 0.1) is 0 Å². The largest absolute Gasteiger partial charge is 0.468 e. The highest BCUT2D eigenvalue weighted by Crippen LogP contribution is 2.12. The molecule has 5 heteroatoms. The molecule has 0 amide bonds. The normalized spacial score (nSPS) is 23.9. The topological polar surface area (TPSA) is 44.8 Å². The number of hydrogen-bond donors (Lipinski definition) is 1. The van der Waals surface area contributed by atoms with E-state index in [4.69, 9.17) is 4.74 Å². The molecule has 0 aromatic carbocycles. The van der Waals surface area contributed by atoms with Crippen LogP contribution >= 0.6 is 0 Å². The summed E-state index contributed by atoms with van der Waals surface area (Å²) in [6.07, 6.45) is 2.28. The average molecular weight is 271 g/mol. The van der Waals surface area contributed by atoms with Crippen molar-refractivity contribution in [1.29, 1.82) is 0 Å². The van der Waals surface area contributed by atoms with Crippen molar-refractivity contribution in [3.8, 4) is 0 Å². The standard InChI is InChI=1S/C14H29N3O2/c1-5-12-10-16(3)8-7-9-17(12)11-13(15-6-2)14(18)19-4/h12-13,15H,5-11H2,1-4H3. The van der Waals surface area contributed by atoms with Gasteiger partial charge in [0.05, 0.1) is 7.11 Å². The maximum atomic E-state index is 11.8. The van der Waals surface area contributed by atoms with Gasteiger partial charge in [-0.1, -0.05) is 13.8 Å². The van der Waals surface area contributed by atoms with Crippen LogP contribution in [0.1, 0.15) is 26.7 Å². The third-order valence-electron chi connectivity index (χ3n) is 3.85. The second kappa shape index (κ2) is 8.51. The minimum atomic E-state index is -0.215. The number of ether oxygens (including phenoxy) is 1. The molecular weight excluding hydrogens is 242 g/mol. The van der Waals surface area contributed by atoms with Crippen molar-refractivity contribution in [1.82, 2.24) is 15.1 Å². The lowest BCUT2D eigenvalue weighted by atomic mass is 10.1. The van der Waals surface area contributed by atoms with Gasteiger partial charge < -0.3 is 15.0 Å². The van der Waals surface area contributed by atoms with Crippen LogP contribution in [0.4, 0.5) is 0 Å². The first kappa shape index (κ1) is 16.4. The third kappa shape index (κ3) is 5.09. The quantitative estimate of drug-likeness (QED) is 0.715. The van der Waals surface area contributed by atoms with Gasteiger partial charge in [-0.25, -0.2) is 0 Å². The summed E-state index contributed by atoms with van der Waals surface area (Å²) in [5.74, 6) is -0.158. The van der Waals surface area contributed by atoms with Gasteiger partial charge in [0, 0.05) is 19.1 Å². The molecular formula is C14H29N3O2. The Hall–Kier alpha value is -0.650. The number of likely N-dealkylation sites (N-methyl/N-ethyl adjacent to an activating group) is 2. The molecule has 2 unspecified atom stereocenters. The van der Waals surface area contributed by atoms with E-state index in [0.29, 0.717) is 6.04 Å². The van der Waals surface area contributed by atoms with Gasteiger partial charge in [0.15, 0.2) is 0 Å². The lowest BCUT2D eigenvalue weighted by Gasteiger charge is -2.32. The van der Waals surface area contributed by atoms with Gasteiger partial charge in [0.25, 0.3) is 0 Å². The van der Waals surface area contributed by atoms with E-state index < -0.39 is 0 Å². The van der Waals surface area contributed by atoms with Crippen molar-refractivity contribution in [2.24, 2.45) is 0 Å². The Morgan fingerprint density at radius 3 is 2.74 bits per heavy atom. The first-order chi connectivity index (χ1) is 9.12. The maximum Gasteiger partial charge on any atom is 0.324 e. The van der Waals surface area contributed by atoms with Gasteiger partial charge in [-0.15, -0.1) is 0 Å². The lowest BCUT2D eigenvalue weighted by Crippen LogP contribution is -2.50. The van der Waals surface area contributed by atoms with E-state index in [1.807, 2.05) is 6.92 Å². The van der Waals surface area contributed by atoms with Crippen molar-refractivity contribution in [3.63, 3.8) is 0 Å². The van der Waals surface area contributed by atoms with E-state index in [2.05, 4.69) is 29.1 Å². The molecule has 0 aromatic heterocycles. The zero-order chi connectivity index (χ0) is 14.3. The molecule has 1 fully saturated rings. The number of carbonyl (C=O) groups is 1. The van der Waals surface area contributed by atoms with Crippen LogP contribution in [-0.4, -0.2) is 74.7 Å². The zero-order valence-electron chi connectivity index (χ0n) is 12.8. The van der Waals surface area contributed by atoms with E-state index in [-0.39, 0.29) is 12.0 Å². The van der Waals surface area contributed by atoms with Gasteiger partial charge in [0.1, 0.15) is 6.04 Å². The van der Waals surface area contributed by atoms with E-state index in [0.717, 1.165) is 45.6 Å². The molecule has 0 aromatic rings. The van der Waals surface area contributed by atoms with Crippen LogP contribution < -0.4 is 5.32 Å². The number of nitrogens with zero attached hydrogens (tertiary/aromatic N) is 2. The molecule has 1 heterocycles. The number of nitrogens with one attached hydrogen (secondary N) is 1. The van der Waals surface area contributed by atoms with Crippen LogP contribution in [-0.2, 0) is 9.53 Å². The van der Waals surface area contributed by atoms with Crippen molar-refractivity contribution in [2.45, 2.75) is 38.8 Å². The number of hydrogen-bond acceptors (Lipinski definition) is 5. The van der Waals surface area contributed by atoms with Crippen LogP contribution in [0.2, 0.25) is 0 Å². The van der Waals surface area contributed by atoms with E-state index in [1.54, 1.807) is 0 Å². The Kier molecular flexibility index (Phi) is 7.34. The Morgan fingerprint density at radius 1 is 1.42 bits per heavy atom. The van der Waals surface area contributed by atoms with Gasteiger partial charge in [-0.2, -0.15) is 0 Å². The summed E-state index contributed by atoms with van der Waals surface area (Å²) in [5, 5.41) is 3.23. The highest BCUT2D eigenvalue weighted by Gasteiger charge is 2.27. The van der Waals surface area contributed by atoms with Crippen LogP contribution in [0.3, 0.4) is 0 Å². The smallest absolute Gasteiger partial charge is 0.324 e. The first-order valence-electron chi connectivity index (χ1n) is 7.36. The van der Waals surface area contributed by atoms with E-state index in [9.17, 15) is 4.79 Å². The Bertz CT molecular complexity index is 273. The highest BCUT2D eigenvalue weighted by molar-refractivity contribution is 5.75. The summed E-state index contributed by atoms with van der Waals surface area (Å²) in [5.41, 5.74) is 0. The minimum absolute atomic E-state index is 0.158. The Morgan fingerprint density at radius 2 is 2.16 bits per heavy atom. The molecule has 0 bridgehead atoms. The van der Waals surface area contributed by atoms with Gasteiger partial charge in [0.2, 0.25) is 0 Å². The second-order valence-electron chi connectivity index (χ2n) is 5.31. The number of esters is 1. The maximum absolute atomic E-state index is 11.8. The van der Waals surface area contributed by atoms with Crippen molar-refractivity contribution in [3.05, 3.63) is 0 Å². The van der Waals surface area contributed by atoms with E-state index >= 15 is 0 Å². The molecule has 5 nitrogen and oxygen atoms in total. The number of carbonyl (C=O) groups excluding carboxylic acids is 1. The highest BCUT2D eigenvalue weighted by atomic mass is 16.5. The molecule has 1 saturated heterocycles. The van der Waals surface area contributed by atoms with Gasteiger partial charge in [-0.3, -0.25) is 9.69 Å². The molecule has 1 aliphatic rings. The average Bonchev–Trinajstić information content (AvgIpc) is 2.59. The fourth-order valence-corrected chi connectivity index (χ4v) is 2.77. The summed E-state index contributed by atoms with van der Waals surface area (Å²) < 4.78 is 4.89. The number of rotatable bonds is 6. The minimum Gasteiger partial charge on any atom is -0.468 e. The predicted molar refractivity (Wildman–Crippen MR) is 77.2 cm³/mol. The molecule has 19 heavy (non-hydrogen) atoms. The fraction of sp³-hybridized carbons (Fsp3) is 0.929.